The molecule has 1 aromatic rings. The lowest BCUT2D eigenvalue weighted by molar-refractivity contribution is 0.0719. The summed E-state index contributed by atoms with van der Waals surface area (Å²) in [5.74, 6) is 2.50. The molecule has 20 heavy (non-hydrogen) atoms. The largest absolute Gasteiger partial charge is 0.493 e. The van der Waals surface area contributed by atoms with E-state index in [0.29, 0.717) is 6.04 Å². The van der Waals surface area contributed by atoms with Gasteiger partial charge in [0, 0.05) is 24.7 Å². The number of para-hydroxylation sites is 1. The van der Waals surface area contributed by atoms with Crippen LogP contribution in [0.3, 0.4) is 0 Å². The fourth-order valence-electron chi connectivity index (χ4n) is 3.53. The predicted octanol–water partition coefficient (Wildman–Crippen LogP) is 1.89. The van der Waals surface area contributed by atoms with Gasteiger partial charge < -0.3 is 19.7 Å². The normalized spacial score (nSPS) is 28.4. The number of rotatable bonds is 5. The van der Waals surface area contributed by atoms with Gasteiger partial charge in [-0.3, -0.25) is 0 Å². The molecule has 0 amide bonds. The van der Waals surface area contributed by atoms with Gasteiger partial charge in [0.1, 0.15) is 0 Å². The van der Waals surface area contributed by atoms with Gasteiger partial charge in [-0.15, -0.1) is 0 Å². The Morgan fingerprint density at radius 2 is 2.00 bits per heavy atom. The van der Waals surface area contributed by atoms with Crippen molar-refractivity contribution < 1.29 is 9.47 Å². The second kappa shape index (κ2) is 6.02. The van der Waals surface area contributed by atoms with Crippen LogP contribution in [-0.2, 0) is 6.54 Å². The van der Waals surface area contributed by atoms with Crippen molar-refractivity contribution in [1.82, 2.24) is 10.2 Å². The monoisotopic (exact) mass is 276 g/mol. The molecule has 0 spiro atoms. The first-order valence-corrected chi connectivity index (χ1v) is 7.47. The highest BCUT2D eigenvalue weighted by atomic mass is 16.5. The van der Waals surface area contributed by atoms with E-state index in [1.54, 1.807) is 14.2 Å². The van der Waals surface area contributed by atoms with Crippen LogP contribution in [0.15, 0.2) is 18.2 Å². The van der Waals surface area contributed by atoms with E-state index < -0.39 is 0 Å². The van der Waals surface area contributed by atoms with Crippen LogP contribution >= 0.6 is 0 Å². The molecule has 4 nitrogen and oxygen atoms in total. The number of ether oxygens (including phenoxy) is 2. The number of nitrogens with one attached hydrogen (secondary N) is 1. The van der Waals surface area contributed by atoms with E-state index in [9.17, 15) is 0 Å². The van der Waals surface area contributed by atoms with Gasteiger partial charge in [0.25, 0.3) is 0 Å². The van der Waals surface area contributed by atoms with Gasteiger partial charge >= 0.3 is 0 Å². The van der Waals surface area contributed by atoms with Crippen LogP contribution in [0, 0.1) is 5.92 Å². The molecule has 0 aliphatic carbocycles. The number of fused-ring (bicyclic) bond motifs is 3. The van der Waals surface area contributed by atoms with Crippen molar-refractivity contribution in [3.05, 3.63) is 23.8 Å². The Bertz CT molecular complexity index is 456. The summed E-state index contributed by atoms with van der Waals surface area (Å²) >= 11 is 0. The molecular formula is C16H24N2O2. The average molecular weight is 276 g/mol. The first-order chi connectivity index (χ1) is 9.81. The predicted molar refractivity (Wildman–Crippen MR) is 79.3 cm³/mol. The molecule has 3 aliphatic rings. The molecule has 3 heterocycles. The quantitative estimate of drug-likeness (QED) is 0.890. The topological polar surface area (TPSA) is 33.7 Å². The summed E-state index contributed by atoms with van der Waals surface area (Å²) in [5.41, 5.74) is 1.17. The minimum absolute atomic E-state index is 0.619. The number of methoxy groups -OCH3 is 2. The van der Waals surface area contributed by atoms with E-state index in [2.05, 4.69) is 16.3 Å². The molecule has 1 aromatic carbocycles. The third kappa shape index (κ3) is 2.63. The van der Waals surface area contributed by atoms with Crippen molar-refractivity contribution in [2.45, 2.75) is 25.4 Å². The maximum absolute atomic E-state index is 5.49. The highest BCUT2D eigenvalue weighted by Crippen LogP contribution is 2.32. The summed E-state index contributed by atoms with van der Waals surface area (Å²) in [7, 11) is 3.39. The van der Waals surface area contributed by atoms with Crippen molar-refractivity contribution in [1.29, 1.82) is 0 Å². The maximum atomic E-state index is 5.49. The zero-order valence-corrected chi connectivity index (χ0v) is 12.4. The molecular weight excluding hydrogens is 252 g/mol. The number of nitrogens with zero attached hydrogens (tertiary/aromatic N) is 1. The summed E-state index contributed by atoms with van der Waals surface area (Å²) in [6, 6.07) is 6.69. The van der Waals surface area contributed by atoms with E-state index in [4.69, 9.17) is 9.47 Å². The van der Waals surface area contributed by atoms with Gasteiger partial charge in [-0.1, -0.05) is 12.1 Å². The van der Waals surface area contributed by atoms with E-state index in [0.717, 1.165) is 24.0 Å². The van der Waals surface area contributed by atoms with Gasteiger partial charge in [-0.25, -0.2) is 0 Å². The van der Waals surface area contributed by atoms with Crippen LogP contribution in [-0.4, -0.2) is 44.8 Å². The fraction of sp³-hybridized carbons (Fsp3) is 0.625. The summed E-state index contributed by atoms with van der Waals surface area (Å²) in [6.07, 6.45) is 2.68. The minimum atomic E-state index is 0.619. The second-order valence-corrected chi connectivity index (χ2v) is 5.78. The Kier molecular flexibility index (Phi) is 4.13. The van der Waals surface area contributed by atoms with E-state index in [-0.39, 0.29) is 0 Å². The lowest BCUT2D eigenvalue weighted by atomic mass is 9.84. The Morgan fingerprint density at radius 1 is 1.20 bits per heavy atom. The highest BCUT2D eigenvalue weighted by Gasteiger charge is 2.33. The minimum Gasteiger partial charge on any atom is -0.493 e. The van der Waals surface area contributed by atoms with Gasteiger partial charge in [0.2, 0.25) is 0 Å². The van der Waals surface area contributed by atoms with Gasteiger partial charge in [-0.2, -0.15) is 0 Å². The number of piperidine rings is 3. The Labute approximate surface area is 121 Å². The first kappa shape index (κ1) is 13.7. The Hall–Kier alpha value is -1.26. The Balaban J connectivity index is 1.66. The first-order valence-electron chi connectivity index (χ1n) is 7.47. The molecule has 0 aromatic heterocycles. The van der Waals surface area contributed by atoms with E-state index >= 15 is 0 Å². The number of hydrogen-bond acceptors (Lipinski definition) is 4. The van der Waals surface area contributed by atoms with E-state index in [1.165, 1.54) is 38.0 Å². The van der Waals surface area contributed by atoms with Crippen molar-refractivity contribution in [3.8, 4) is 11.5 Å². The highest BCUT2D eigenvalue weighted by molar-refractivity contribution is 5.46. The molecule has 2 bridgehead atoms. The summed E-state index contributed by atoms with van der Waals surface area (Å²) < 4.78 is 10.9. The standard InChI is InChI=1S/C16H24N2O2/c1-19-15-5-3-4-13(16(15)20-2)10-17-14-11-18-8-6-12(14)7-9-18/h3-5,12,14,17H,6-11H2,1-2H3/t14-/m0/s1. The zero-order valence-electron chi connectivity index (χ0n) is 12.4. The molecule has 4 rings (SSSR count). The molecule has 110 valence electrons. The van der Waals surface area contributed by atoms with Gasteiger partial charge in [0.05, 0.1) is 14.2 Å². The third-order valence-electron chi connectivity index (χ3n) is 4.70. The van der Waals surface area contributed by atoms with Crippen molar-refractivity contribution in [2.75, 3.05) is 33.9 Å². The molecule has 0 saturated carbocycles. The summed E-state index contributed by atoms with van der Waals surface area (Å²) in [4.78, 5) is 2.57. The summed E-state index contributed by atoms with van der Waals surface area (Å²) in [5, 5.41) is 3.72. The second-order valence-electron chi connectivity index (χ2n) is 5.78. The molecule has 3 aliphatic heterocycles. The van der Waals surface area contributed by atoms with Crippen LogP contribution in [0.25, 0.3) is 0 Å². The van der Waals surface area contributed by atoms with Crippen LogP contribution in [0.2, 0.25) is 0 Å². The van der Waals surface area contributed by atoms with Crippen LogP contribution in [0.1, 0.15) is 18.4 Å². The van der Waals surface area contributed by atoms with Gasteiger partial charge in [-0.05, 0) is 37.9 Å². The smallest absolute Gasteiger partial charge is 0.165 e. The molecule has 0 unspecified atom stereocenters. The third-order valence-corrected chi connectivity index (χ3v) is 4.70. The van der Waals surface area contributed by atoms with Crippen molar-refractivity contribution in [2.24, 2.45) is 5.92 Å². The average Bonchev–Trinajstić information content (AvgIpc) is 2.53. The summed E-state index contributed by atoms with van der Waals surface area (Å²) in [6.45, 7) is 4.60. The number of hydrogen-bond donors (Lipinski definition) is 1. The molecule has 4 heteroatoms. The van der Waals surface area contributed by atoms with Crippen LogP contribution in [0.4, 0.5) is 0 Å². The maximum Gasteiger partial charge on any atom is 0.165 e. The molecule has 1 N–H and O–H groups in total. The zero-order chi connectivity index (χ0) is 13.9. The van der Waals surface area contributed by atoms with Gasteiger partial charge in [0.15, 0.2) is 11.5 Å². The lowest BCUT2D eigenvalue weighted by Crippen LogP contribution is -2.55. The molecule has 0 radical (unpaired) electrons. The Morgan fingerprint density at radius 3 is 2.60 bits per heavy atom. The van der Waals surface area contributed by atoms with Crippen LogP contribution < -0.4 is 14.8 Å². The fourth-order valence-corrected chi connectivity index (χ4v) is 3.53. The van der Waals surface area contributed by atoms with E-state index in [1.807, 2.05) is 12.1 Å². The van der Waals surface area contributed by atoms with Crippen LogP contribution in [0.5, 0.6) is 11.5 Å². The number of benzene rings is 1. The molecule has 3 saturated heterocycles. The molecule has 1 atom stereocenters. The van der Waals surface area contributed by atoms with Crippen molar-refractivity contribution in [3.63, 3.8) is 0 Å². The lowest BCUT2D eigenvalue weighted by Gasteiger charge is -2.45. The van der Waals surface area contributed by atoms with Crippen molar-refractivity contribution >= 4 is 0 Å². The SMILES string of the molecule is COc1cccc(CN[C@H]2CN3CCC2CC3)c1OC. The molecule has 3 fully saturated rings.